The summed E-state index contributed by atoms with van der Waals surface area (Å²) in [5.41, 5.74) is 2.45. The Morgan fingerprint density at radius 3 is 2.89 bits per heavy atom. The third-order valence-corrected chi connectivity index (χ3v) is 3.84. The van der Waals surface area contributed by atoms with Gasteiger partial charge in [-0.1, -0.05) is 11.3 Å². The Balaban J connectivity index is 1.87. The van der Waals surface area contributed by atoms with Crippen molar-refractivity contribution in [3.63, 3.8) is 0 Å². The number of carbonyl (C=O) groups excluding carboxylic acids is 1. The molecule has 3 rings (SSSR count). The Hall–Kier alpha value is -1.89. The molecule has 7 heteroatoms. The van der Waals surface area contributed by atoms with Crippen molar-refractivity contribution in [2.45, 2.75) is 32.6 Å². The summed E-state index contributed by atoms with van der Waals surface area (Å²) in [7, 11) is 0. The maximum Gasteiger partial charge on any atom is 0.276 e. The van der Waals surface area contributed by atoms with Gasteiger partial charge in [0, 0.05) is 11.3 Å². The van der Waals surface area contributed by atoms with Crippen molar-refractivity contribution < 1.29 is 4.79 Å². The van der Waals surface area contributed by atoms with Gasteiger partial charge in [-0.25, -0.2) is 9.97 Å². The molecule has 19 heavy (non-hydrogen) atoms. The fourth-order valence-corrected chi connectivity index (χ4v) is 2.81. The molecule has 0 bridgehead atoms. The summed E-state index contributed by atoms with van der Waals surface area (Å²) in [5, 5.41) is 11.8. The number of nitrogens with one attached hydrogen (secondary N) is 1. The van der Waals surface area contributed by atoms with Crippen molar-refractivity contribution >= 4 is 22.4 Å². The monoisotopic (exact) mass is 275 g/mol. The number of rotatable bonds is 2. The van der Waals surface area contributed by atoms with Crippen LogP contribution in [0.5, 0.6) is 0 Å². The van der Waals surface area contributed by atoms with Crippen molar-refractivity contribution in [1.29, 1.82) is 0 Å². The second kappa shape index (κ2) is 5.00. The zero-order valence-electron chi connectivity index (χ0n) is 10.5. The zero-order valence-corrected chi connectivity index (χ0v) is 11.3. The van der Waals surface area contributed by atoms with E-state index in [9.17, 15) is 4.79 Å². The molecule has 98 valence electrons. The molecule has 0 radical (unpaired) electrons. The predicted molar refractivity (Wildman–Crippen MR) is 71.3 cm³/mol. The molecule has 2 aromatic rings. The van der Waals surface area contributed by atoms with Crippen LogP contribution in [0.25, 0.3) is 0 Å². The van der Waals surface area contributed by atoms with Crippen LogP contribution in [-0.4, -0.2) is 26.1 Å². The van der Waals surface area contributed by atoms with E-state index < -0.39 is 0 Å². The van der Waals surface area contributed by atoms with Crippen LogP contribution in [0.2, 0.25) is 0 Å². The zero-order chi connectivity index (χ0) is 13.2. The van der Waals surface area contributed by atoms with Gasteiger partial charge < -0.3 is 0 Å². The highest BCUT2D eigenvalue weighted by Gasteiger charge is 2.20. The second-order valence-corrected chi connectivity index (χ2v) is 5.62. The highest BCUT2D eigenvalue weighted by Crippen LogP contribution is 2.22. The molecular weight excluding hydrogens is 262 g/mol. The number of anilines is 1. The molecule has 0 atom stereocenters. The lowest BCUT2D eigenvalue weighted by molar-refractivity contribution is 0.102. The number of aromatic nitrogens is 4. The molecular formula is C12H13N5OS. The number of nitrogens with zero attached hydrogens (tertiary/aromatic N) is 4. The summed E-state index contributed by atoms with van der Waals surface area (Å²) in [6.07, 6.45) is 5.47. The van der Waals surface area contributed by atoms with Gasteiger partial charge in [0.2, 0.25) is 5.13 Å². The first-order valence-electron chi connectivity index (χ1n) is 6.18. The third-order valence-electron chi connectivity index (χ3n) is 3.09. The molecule has 0 spiro atoms. The van der Waals surface area contributed by atoms with Crippen LogP contribution in [0.1, 0.15) is 39.6 Å². The quantitative estimate of drug-likeness (QED) is 0.903. The standard InChI is InChI=1S/C12H13N5OS/c1-7-16-17-12(19-7)15-11(18)10-8-4-2-3-5-9(8)13-6-14-10/h6H,2-5H2,1H3,(H,15,17,18). The van der Waals surface area contributed by atoms with Gasteiger partial charge in [-0.3, -0.25) is 10.1 Å². The average molecular weight is 275 g/mol. The van der Waals surface area contributed by atoms with Crippen molar-refractivity contribution in [3.05, 3.63) is 28.3 Å². The molecule has 2 heterocycles. The number of amides is 1. The molecule has 0 aliphatic heterocycles. The van der Waals surface area contributed by atoms with E-state index in [1.807, 2.05) is 6.92 Å². The Kier molecular flexibility index (Phi) is 3.20. The van der Waals surface area contributed by atoms with Gasteiger partial charge in [0.05, 0.1) is 0 Å². The van der Waals surface area contributed by atoms with Crippen LogP contribution in [0.3, 0.4) is 0 Å². The lowest BCUT2D eigenvalue weighted by atomic mass is 9.94. The lowest BCUT2D eigenvalue weighted by Crippen LogP contribution is -2.19. The fourth-order valence-electron chi connectivity index (χ4n) is 2.22. The van der Waals surface area contributed by atoms with E-state index in [0.29, 0.717) is 10.8 Å². The minimum Gasteiger partial charge on any atom is -0.295 e. The lowest BCUT2D eigenvalue weighted by Gasteiger charge is -2.16. The number of aryl methyl sites for hydroxylation is 2. The van der Waals surface area contributed by atoms with Crippen molar-refractivity contribution in [1.82, 2.24) is 20.2 Å². The van der Waals surface area contributed by atoms with E-state index in [0.717, 1.165) is 41.9 Å². The number of hydrogen-bond donors (Lipinski definition) is 1. The van der Waals surface area contributed by atoms with Gasteiger partial charge in [-0.15, -0.1) is 10.2 Å². The van der Waals surface area contributed by atoms with Crippen LogP contribution >= 0.6 is 11.3 Å². The number of fused-ring (bicyclic) bond motifs is 1. The molecule has 0 saturated carbocycles. The van der Waals surface area contributed by atoms with Crippen LogP contribution < -0.4 is 5.32 Å². The highest BCUT2D eigenvalue weighted by atomic mass is 32.1. The molecule has 6 nitrogen and oxygen atoms in total. The fraction of sp³-hybridized carbons (Fsp3) is 0.417. The summed E-state index contributed by atoms with van der Waals surface area (Å²) < 4.78 is 0. The smallest absolute Gasteiger partial charge is 0.276 e. The minimum atomic E-state index is -0.225. The van der Waals surface area contributed by atoms with Crippen molar-refractivity contribution in [2.75, 3.05) is 5.32 Å². The SMILES string of the molecule is Cc1nnc(NC(=O)c2ncnc3c2CCCC3)s1. The summed E-state index contributed by atoms with van der Waals surface area (Å²) in [6.45, 7) is 1.85. The summed E-state index contributed by atoms with van der Waals surface area (Å²) in [5.74, 6) is -0.225. The largest absolute Gasteiger partial charge is 0.295 e. The molecule has 0 saturated heterocycles. The second-order valence-electron chi connectivity index (χ2n) is 4.43. The average Bonchev–Trinajstić information content (AvgIpc) is 2.83. The van der Waals surface area contributed by atoms with E-state index in [1.165, 1.54) is 17.7 Å². The van der Waals surface area contributed by atoms with Crippen LogP contribution in [0.15, 0.2) is 6.33 Å². The molecule has 1 aliphatic carbocycles. The van der Waals surface area contributed by atoms with Gasteiger partial charge in [0.15, 0.2) is 0 Å². The number of carbonyl (C=O) groups is 1. The highest BCUT2D eigenvalue weighted by molar-refractivity contribution is 7.15. The van der Waals surface area contributed by atoms with E-state index >= 15 is 0 Å². The van der Waals surface area contributed by atoms with Gasteiger partial charge in [-0.05, 0) is 32.6 Å². The number of hydrogen-bond acceptors (Lipinski definition) is 6. The third kappa shape index (κ3) is 2.46. The van der Waals surface area contributed by atoms with Gasteiger partial charge in [0.1, 0.15) is 17.0 Å². The van der Waals surface area contributed by atoms with Gasteiger partial charge >= 0.3 is 0 Å². The Bertz CT molecular complexity index is 624. The van der Waals surface area contributed by atoms with Crippen molar-refractivity contribution in [3.8, 4) is 0 Å². The molecule has 0 unspecified atom stereocenters. The molecule has 2 aromatic heterocycles. The molecule has 1 amide bonds. The Morgan fingerprint density at radius 1 is 1.26 bits per heavy atom. The van der Waals surface area contributed by atoms with Crippen LogP contribution in [0.4, 0.5) is 5.13 Å². The van der Waals surface area contributed by atoms with E-state index in [1.54, 1.807) is 0 Å². The maximum absolute atomic E-state index is 12.2. The van der Waals surface area contributed by atoms with E-state index in [4.69, 9.17) is 0 Å². The van der Waals surface area contributed by atoms with Gasteiger partial charge in [0.25, 0.3) is 5.91 Å². The molecule has 1 N–H and O–H groups in total. The first kappa shape index (κ1) is 12.2. The minimum absolute atomic E-state index is 0.225. The Labute approximate surface area is 114 Å². The molecule has 0 fully saturated rings. The molecule has 1 aliphatic rings. The topological polar surface area (TPSA) is 80.7 Å². The first-order chi connectivity index (χ1) is 9.24. The summed E-state index contributed by atoms with van der Waals surface area (Å²) >= 11 is 1.35. The summed E-state index contributed by atoms with van der Waals surface area (Å²) in [6, 6.07) is 0. The van der Waals surface area contributed by atoms with Gasteiger partial charge in [-0.2, -0.15) is 0 Å². The van der Waals surface area contributed by atoms with Crippen LogP contribution in [0, 0.1) is 6.92 Å². The van der Waals surface area contributed by atoms with Crippen molar-refractivity contribution in [2.24, 2.45) is 0 Å². The maximum atomic E-state index is 12.2. The predicted octanol–water partition coefficient (Wildman–Crippen LogP) is 1.77. The first-order valence-corrected chi connectivity index (χ1v) is 7.00. The summed E-state index contributed by atoms with van der Waals surface area (Å²) in [4.78, 5) is 20.6. The normalized spacial score (nSPS) is 13.9. The Morgan fingerprint density at radius 2 is 2.11 bits per heavy atom. The molecule has 0 aromatic carbocycles. The van der Waals surface area contributed by atoms with Crippen LogP contribution in [-0.2, 0) is 12.8 Å². The van der Waals surface area contributed by atoms with E-state index in [-0.39, 0.29) is 5.91 Å². The van der Waals surface area contributed by atoms with E-state index in [2.05, 4.69) is 25.5 Å².